The molecule has 0 radical (unpaired) electrons. The van der Waals surface area contributed by atoms with Crippen LogP contribution in [0.25, 0.3) is 0 Å². The van der Waals surface area contributed by atoms with Crippen LogP contribution >= 0.6 is 15.9 Å². The van der Waals surface area contributed by atoms with Crippen LogP contribution in [0.4, 0.5) is 0 Å². The van der Waals surface area contributed by atoms with Crippen molar-refractivity contribution in [1.29, 1.82) is 0 Å². The third-order valence-electron chi connectivity index (χ3n) is 3.06. The summed E-state index contributed by atoms with van der Waals surface area (Å²) >= 11 is 3.62. The van der Waals surface area contributed by atoms with E-state index in [1.165, 1.54) is 5.69 Å². The van der Waals surface area contributed by atoms with Crippen LogP contribution in [-0.4, -0.2) is 48.4 Å². The zero-order chi connectivity index (χ0) is 13.5. The van der Waals surface area contributed by atoms with Gasteiger partial charge in [0.05, 0.1) is 22.9 Å². The lowest BCUT2D eigenvalue weighted by atomic mass is 10.0. The van der Waals surface area contributed by atoms with Gasteiger partial charge >= 0.3 is 0 Å². The molecule has 0 spiro atoms. The largest absolute Gasteiger partial charge is 0.317 e. The highest BCUT2D eigenvalue weighted by molar-refractivity contribution is 9.10. The van der Waals surface area contributed by atoms with Gasteiger partial charge < -0.3 is 10.2 Å². The first kappa shape index (κ1) is 15.7. The first-order chi connectivity index (χ1) is 8.56. The topological polar surface area (TPSA) is 33.1 Å². The monoisotopic (exact) mass is 316 g/mol. The highest BCUT2D eigenvalue weighted by Crippen LogP contribution is 2.26. The van der Waals surface area contributed by atoms with Gasteiger partial charge in [-0.3, -0.25) is 4.68 Å². The average Bonchev–Trinajstić information content (AvgIpc) is 2.68. The van der Waals surface area contributed by atoms with Crippen molar-refractivity contribution < 1.29 is 0 Å². The smallest absolute Gasteiger partial charge is 0.0635 e. The molecule has 1 atom stereocenters. The molecule has 0 aliphatic heterocycles. The van der Waals surface area contributed by atoms with Crippen LogP contribution in [0.15, 0.2) is 10.7 Å². The molecule has 0 aromatic carbocycles. The summed E-state index contributed by atoms with van der Waals surface area (Å²) in [5.41, 5.74) is 1.31. The van der Waals surface area contributed by atoms with Gasteiger partial charge in [-0.1, -0.05) is 13.8 Å². The van der Waals surface area contributed by atoms with Gasteiger partial charge in [0.1, 0.15) is 0 Å². The SMILES string of the molecule is CCNCCC(C)c1c(Br)cnn1CCN(C)C. The van der Waals surface area contributed by atoms with Crippen molar-refractivity contribution >= 4 is 15.9 Å². The van der Waals surface area contributed by atoms with Crippen molar-refractivity contribution in [2.24, 2.45) is 0 Å². The quantitative estimate of drug-likeness (QED) is 0.747. The fourth-order valence-corrected chi connectivity index (χ4v) is 2.65. The summed E-state index contributed by atoms with van der Waals surface area (Å²) in [5, 5.41) is 7.84. The van der Waals surface area contributed by atoms with E-state index in [1.807, 2.05) is 6.20 Å². The van der Waals surface area contributed by atoms with Crippen molar-refractivity contribution in [2.75, 3.05) is 33.7 Å². The maximum atomic E-state index is 4.46. The molecule has 0 saturated heterocycles. The molecule has 0 aliphatic rings. The molecule has 0 saturated carbocycles. The van der Waals surface area contributed by atoms with E-state index in [1.54, 1.807) is 0 Å². The lowest BCUT2D eigenvalue weighted by Gasteiger charge is -2.17. The maximum Gasteiger partial charge on any atom is 0.0635 e. The Bertz CT molecular complexity index is 349. The van der Waals surface area contributed by atoms with Crippen molar-refractivity contribution in [2.45, 2.75) is 32.7 Å². The Kier molecular flexibility index (Phi) is 6.89. The molecule has 0 aliphatic carbocycles. The Balaban J connectivity index is 2.64. The van der Waals surface area contributed by atoms with Crippen LogP contribution < -0.4 is 5.32 Å². The van der Waals surface area contributed by atoms with Gasteiger partial charge in [0.25, 0.3) is 0 Å². The molecular weight excluding hydrogens is 292 g/mol. The molecule has 1 aromatic heterocycles. The minimum atomic E-state index is 0.517. The predicted octanol–water partition coefficient (Wildman–Crippen LogP) is 2.31. The summed E-state index contributed by atoms with van der Waals surface area (Å²) in [6, 6.07) is 0. The normalized spacial score (nSPS) is 13.2. The summed E-state index contributed by atoms with van der Waals surface area (Å²) in [6.45, 7) is 8.46. The second-order valence-corrected chi connectivity index (χ2v) is 5.80. The van der Waals surface area contributed by atoms with E-state index in [9.17, 15) is 0 Å². The molecule has 0 amide bonds. The van der Waals surface area contributed by atoms with Gasteiger partial charge in [-0.25, -0.2) is 0 Å². The molecule has 4 nitrogen and oxygen atoms in total. The van der Waals surface area contributed by atoms with Crippen molar-refractivity contribution in [1.82, 2.24) is 20.0 Å². The van der Waals surface area contributed by atoms with Crippen LogP contribution in [0.3, 0.4) is 0 Å². The molecule has 1 unspecified atom stereocenters. The van der Waals surface area contributed by atoms with Gasteiger partial charge in [-0.2, -0.15) is 5.10 Å². The fourth-order valence-electron chi connectivity index (χ4n) is 1.97. The Labute approximate surface area is 119 Å². The number of hydrogen-bond acceptors (Lipinski definition) is 3. The first-order valence-electron chi connectivity index (χ1n) is 6.62. The molecule has 5 heteroatoms. The second kappa shape index (κ2) is 7.92. The number of halogens is 1. The van der Waals surface area contributed by atoms with Crippen LogP contribution in [0, 0.1) is 0 Å². The standard InChI is InChI=1S/C13H25BrN4/c1-5-15-7-6-11(2)13-12(14)10-16-18(13)9-8-17(3)4/h10-11,15H,5-9H2,1-4H3. The van der Waals surface area contributed by atoms with Crippen molar-refractivity contribution in [3.8, 4) is 0 Å². The van der Waals surface area contributed by atoms with Crippen LogP contribution in [-0.2, 0) is 6.54 Å². The predicted molar refractivity (Wildman–Crippen MR) is 80.1 cm³/mol. The second-order valence-electron chi connectivity index (χ2n) is 4.95. The van der Waals surface area contributed by atoms with Gasteiger partial charge in [-0.05, 0) is 49.5 Å². The summed E-state index contributed by atoms with van der Waals surface area (Å²) in [7, 11) is 4.18. The molecule has 18 heavy (non-hydrogen) atoms. The third kappa shape index (κ3) is 4.71. The van der Waals surface area contributed by atoms with E-state index in [-0.39, 0.29) is 0 Å². The molecule has 1 N–H and O–H groups in total. The number of rotatable bonds is 8. The lowest BCUT2D eigenvalue weighted by Crippen LogP contribution is -2.22. The number of nitrogens with one attached hydrogen (secondary N) is 1. The molecule has 1 heterocycles. The van der Waals surface area contributed by atoms with Crippen molar-refractivity contribution in [3.05, 3.63) is 16.4 Å². The van der Waals surface area contributed by atoms with Crippen LogP contribution in [0.2, 0.25) is 0 Å². The van der Waals surface area contributed by atoms with E-state index < -0.39 is 0 Å². The van der Waals surface area contributed by atoms with Gasteiger partial charge in [0, 0.05) is 12.5 Å². The maximum absolute atomic E-state index is 4.46. The van der Waals surface area contributed by atoms with E-state index in [4.69, 9.17) is 0 Å². The van der Waals surface area contributed by atoms with E-state index in [0.717, 1.165) is 37.1 Å². The summed E-state index contributed by atoms with van der Waals surface area (Å²) in [4.78, 5) is 2.18. The number of likely N-dealkylation sites (N-methyl/N-ethyl adjacent to an activating group) is 1. The van der Waals surface area contributed by atoms with E-state index >= 15 is 0 Å². The average molecular weight is 317 g/mol. The minimum Gasteiger partial charge on any atom is -0.317 e. The molecule has 104 valence electrons. The molecule has 1 rings (SSSR count). The summed E-state index contributed by atoms with van der Waals surface area (Å²) < 4.78 is 3.26. The molecular formula is C13H25BrN4. The number of aromatic nitrogens is 2. The number of hydrogen-bond donors (Lipinski definition) is 1. The fraction of sp³-hybridized carbons (Fsp3) is 0.769. The zero-order valence-electron chi connectivity index (χ0n) is 11.9. The first-order valence-corrected chi connectivity index (χ1v) is 7.42. The van der Waals surface area contributed by atoms with Gasteiger partial charge in [0.15, 0.2) is 0 Å². The van der Waals surface area contributed by atoms with E-state index in [0.29, 0.717) is 5.92 Å². The summed E-state index contributed by atoms with van der Waals surface area (Å²) in [6.07, 6.45) is 3.05. The lowest BCUT2D eigenvalue weighted by molar-refractivity contribution is 0.366. The molecule has 0 fully saturated rings. The van der Waals surface area contributed by atoms with Gasteiger partial charge in [-0.15, -0.1) is 0 Å². The Morgan fingerprint density at radius 2 is 2.22 bits per heavy atom. The van der Waals surface area contributed by atoms with Gasteiger partial charge in [0.2, 0.25) is 0 Å². The highest BCUT2D eigenvalue weighted by atomic mass is 79.9. The van der Waals surface area contributed by atoms with E-state index in [2.05, 4.69) is 63.9 Å². The minimum absolute atomic E-state index is 0.517. The van der Waals surface area contributed by atoms with Crippen molar-refractivity contribution in [3.63, 3.8) is 0 Å². The number of nitrogens with zero attached hydrogens (tertiary/aromatic N) is 3. The van der Waals surface area contributed by atoms with Crippen LogP contribution in [0.5, 0.6) is 0 Å². The molecule has 0 bridgehead atoms. The third-order valence-corrected chi connectivity index (χ3v) is 3.67. The highest BCUT2D eigenvalue weighted by Gasteiger charge is 2.15. The molecule has 1 aromatic rings. The van der Waals surface area contributed by atoms with Crippen LogP contribution in [0.1, 0.15) is 31.9 Å². The Hall–Kier alpha value is -0.390. The summed E-state index contributed by atoms with van der Waals surface area (Å²) in [5.74, 6) is 0.517. The Morgan fingerprint density at radius 1 is 1.50 bits per heavy atom. The zero-order valence-corrected chi connectivity index (χ0v) is 13.5. The Morgan fingerprint density at radius 3 is 2.83 bits per heavy atom.